The predicted octanol–water partition coefficient (Wildman–Crippen LogP) is 1.63. The van der Waals surface area contributed by atoms with Crippen LogP contribution in [0.5, 0.6) is 0 Å². The molecule has 4 N–H and O–H groups in total. The number of hydrogen-bond donors (Lipinski definition) is 4. The molecular formula is C23H33N5O5. The molecule has 2 aliphatic rings. The van der Waals surface area contributed by atoms with E-state index in [9.17, 15) is 19.5 Å². The summed E-state index contributed by atoms with van der Waals surface area (Å²) in [5.74, 6) is -0.995. The summed E-state index contributed by atoms with van der Waals surface area (Å²) in [6.45, 7) is 7.15. The Bertz CT molecular complexity index is 960. The summed E-state index contributed by atoms with van der Waals surface area (Å²) in [7, 11) is 1.42. The van der Waals surface area contributed by atoms with Gasteiger partial charge in [0, 0.05) is 24.8 Å². The Balaban J connectivity index is 1.73. The second-order valence-corrected chi connectivity index (χ2v) is 9.53. The molecule has 1 fully saturated rings. The Kier molecular flexibility index (Phi) is 7.06. The smallest absolute Gasteiger partial charge is 0.428 e. The fourth-order valence-electron chi connectivity index (χ4n) is 4.58. The van der Waals surface area contributed by atoms with Gasteiger partial charge in [-0.2, -0.15) is 5.10 Å². The highest BCUT2D eigenvalue weighted by molar-refractivity contribution is 6.35. The molecule has 1 aromatic rings. The average molecular weight is 460 g/mol. The fourth-order valence-corrected chi connectivity index (χ4v) is 4.58. The van der Waals surface area contributed by atoms with Crippen molar-refractivity contribution in [1.29, 1.82) is 0 Å². The first-order chi connectivity index (χ1) is 15.4. The first-order valence-electron chi connectivity index (χ1n) is 11.2. The highest BCUT2D eigenvalue weighted by Crippen LogP contribution is 2.41. The molecule has 10 nitrogen and oxygen atoms in total. The highest BCUT2D eigenvalue weighted by atomic mass is 16.6. The van der Waals surface area contributed by atoms with Crippen molar-refractivity contribution < 1.29 is 24.2 Å². The molecule has 1 saturated carbocycles. The zero-order valence-corrected chi connectivity index (χ0v) is 19.8. The van der Waals surface area contributed by atoms with E-state index in [1.165, 1.54) is 7.05 Å². The van der Waals surface area contributed by atoms with Gasteiger partial charge in [0.2, 0.25) is 0 Å². The minimum Gasteiger partial charge on any atom is -0.435 e. The van der Waals surface area contributed by atoms with Crippen LogP contribution in [-0.2, 0) is 19.9 Å². The maximum Gasteiger partial charge on any atom is 0.428 e. The molecule has 1 aliphatic carbocycles. The van der Waals surface area contributed by atoms with Gasteiger partial charge in [0.1, 0.15) is 11.3 Å². The number of aromatic nitrogens is 1. The number of likely N-dealkylation sites (N-methyl/N-ethyl adjacent to an activating group) is 1. The van der Waals surface area contributed by atoms with Crippen molar-refractivity contribution in [1.82, 2.24) is 21.0 Å². The highest BCUT2D eigenvalue weighted by Gasteiger charge is 2.47. The van der Waals surface area contributed by atoms with Gasteiger partial charge in [-0.1, -0.05) is 0 Å². The molecule has 10 heteroatoms. The average Bonchev–Trinajstić information content (AvgIpc) is 2.74. The van der Waals surface area contributed by atoms with Crippen LogP contribution in [0, 0.1) is 12.8 Å². The predicted molar refractivity (Wildman–Crippen MR) is 121 cm³/mol. The number of rotatable bonds is 5. The van der Waals surface area contributed by atoms with Crippen LogP contribution >= 0.6 is 0 Å². The van der Waals surface area contributed by atoms with Crippen LogP contribution in [0.3, 0.4) is 0 Å². The molecule has 0 radical (unpaired) electrons. The standard InChI is InChI=1S/C23H33N5O5/c1-13-10-17(22(3,4)32)25-12-16(13)18-23(33-21(31)28-27-18)8-6-15(7-9-23)11-14(2)26-20(30)19(29)24-5/h10,12,14-15,32H,6-9,11H2,1-5H3,(H,24,29)(H,26,30)(H,28,31)/t14-,15?,23?/m0/s1. The molecule has 1 aromatic heterocycles. The van der Waals surface area contributed by atoms with Gasteiger partial charge in [-0.25, -0.2) is 10.2 Å². The number of aryl methyl sites for hydroxylation is 1. The molecule has 0 unspecified atom stereocenters. The summed E-state index contributed by atoms with van der Waals surface area (Å²) in [4.78, 5) is 39.7. The van der Waals surface area contributed by atoms with Gasteiger partial charge >= 0.3 is 17.9 Å². The molecule has 2 heterocycles. The number of carbonyl (C=O) groups is 3. The van der Waals surface area contributed by atoms with Crippen LogP contribution in [-0.4, -0.2) is 52.4 Å². The Morgan fingerprint density at radius 1 is 1.33 bits per heavy atom. The van der Waals surface area contributed by atoms with Crippen molar-refractivity contribution in [2.45, 2.75) is 77.0 Å². The third-order valence-corrected chi connectivity index (χ3v) is 6.38. The van der Waals surface area contributed by atoms with E-state index < -0.39 is 29.1 Å². The second-order valence-electron chi connectivity index (χ2n) is 9.53. The minimum atomic E-state index is -1.07. The van der Waals surface area contributed by atoms with Gasteiger partial charge in [-0.05, 0) is 77.3 Å². The number of pyridine rings is 1. The number of nitrogens with zero attached hydrogens (tertiary/aromatic N) is 2. The molecular weight excluding hydrogens is 426 g/mol. The van der Waals surface area contributed by atoms with E-state index >= 15 is 0 Å². The lowest BCUT2D eigenvalue weighted by Crippen LogP contribution is -2.53. The summed E-state index contributed by atoms with van der Waals surface area (Å²) in [5, 5.41) is 19.7. The largest absolute Gasteiger partial charge is 0.435 e. The summed E-state index contributed by atoms with van der Waals surface area (Å²) >= 11 is 0. The van der Waals surface area contributed by atoms with E-state index in [0.717, 1.165) is 30.4 Å². The van der Waals surface area contributed by atoms with Crippen LogP contribution in [0.2, 0.25) is 0 Å². The topological polar surface area (TPSA) is 142 Å². The summed E-state index contributed by atoms with van der Waals surface area (Å²) in [6, 6.07) is 1.67. The van der Waals surface area contributed by atoms with Crippen molar-refractivity contribution in [3.8, 4) is 0 Å². The van der Waals surface area contributed by atoms with Crippen molar-refractivity contribution in [2.24, 2.45) is 11.0 Å². The van der Waals surface area contributed by atoms with Crippen LogP contribution in [0.4, 0.5) is 4.79 Å². The van der Waals surface area contributed by atoms with E-state index in [1.807, 2.05) is 19.9 Å². The van der Waals surface area contributed by atoms with E-state index in [2.05, 4.69) is 26.1 Å². The second kappa shape index (κ2) is 9.46. The molecule has 3 rings (SSSR count). The SMILES string of the molecule is CNC(=O)C(=O)N[C@@H](C)CC1CCC2(CC1)OC(=O)NN=C2c1cnc(C(C)(C)O)cc1C. The zero-order chi connectivity index (χ0) is 24.4. The third kappa shape index (κ3) is 5.50. The minimum absolute atomic E-state index is 0.154. The number of amides is 3. The van der Waals surface area contributed by atoms with Gasteiger partial charge in [-0.15, -0.1) is 0 Å². The fraction of sp³-hybridized carbons (Fsp3) is 0.609. The maximum atomic E-state index is 12.1. The summed E-state index contributed by atoms with van der Waals surface area (Å²) < 4.78 is 5.82. The van der Waals surface area contributed by atoms with Gasteiger partial charge in [-0.3, -0.25) is 14.6 Å². The molecule has 0 bridgehead atoms. The molecule has 3 amide bonds. The first-order valence-corrected chi connectivity index (χ1v) is 11.2. The van der Waals surface area contributed by atoms with Crippen LogP contribution in [0.15, 0.2) is 17.4 Å². The number of hydrogen-bond acceptors (Lipinski definition) is 7. The first kappa shape index (κ1) is 24.6. The Morgan fingerprint density at radius 2 is 2.00 bits per heavy atom. The van der Waals surface area contributed by atoms with Crippen molar-refractivity contribution in [2.75, 3.05) is 7.05 Å². The van der Waals surface area contributed by atoms with Crippen LogP contribution < -0.4 is 16.1 Å². The Labute approximate surface area is 193 Å². The Morgan fingerprint density at radius 3 is 2.58 bits per heavy atom. The number of aliphatic hydroxyl groups is 1. The lowest BCUT2D eigenvalue weighted by atomic mass is 9.72. The van der Waals surface area contributed by atoms with E-state index in [0.29, 0.717) is 30.2 Å². The molecule has 1 atom stereocenters. The molecule has 0 aromatic carbocycles. The van der Waals surface area contributed by atoms with Gasteiger partial charge in [0.25, 0.3) is 0 Å². The number of carbonyl (C=O) groups excluding carboxylic acids is 3. The van der Waals surface area contributed by atoms with Gasteiger partial charge in [0.15, 0.2) is 5.60 Å². The number of nitrogens with one attached hydrogen (secondary N) is 3. The normalized spacial score (nSPS) is 23.8. The molecule has 1 aliphatic heterocycles. The van der Waals surface area contributed by atoms with E-state index in [-0.39, 0.29) is 6.04 Å². The van der Waals surface area contributed by atoms with E-state index in [1.54, 1.807) is 20.0 Å². The third-order valence-electron chi connectivity index (χ3n) is 6.38. The quantitative estimate of drug-likeness (QED) is 0.493. The summed E-state index contributed by atoms with van der Waals surface area (Å²) in [6.07, 6.45) is 4.55. The lowest BCUT2D eigenvalue weighted by molar-refractivity contribution is -0.139. The molecule has 180 valence electrons. The van der Waals surface area contributed by atoms with Crippen molar-refractivity contribution >= 4 is 23.6 Å². The molecule has 0 saturated heterocycles. The van der Waals surface area contributed by atoms with Crippen LogP contribution in [0.25, 0.3) is 0 Å². The monoisotopic (exact) mass is 459 g/mol. The Hall–Kier alpha value is -3.01. The van der Waals surface area contributed by atoms with Gasteiger partial charge < -0.3 is 20.5 Å². The van der Waals surface area contributed by atoms with Crippen molar-refractivity contribution in [3.63, 3.8) is 0 Å². The molecule has 33 heavy (non-hydrogen) atoms. The number of ether oxygens (including phenoxy) is 1. The van der Waals surface area contributed by atoms with Gasteiger partial charge in [0.05, 0.1) is 5.69 Å². The summed E-state index contributed by atoms with van der Waals surface area (Å²) in [5.41, 5.74) is 3.34. The molecule has 1 spiro atoms. The lowest BCUT2D eigenvalue weighted by Gasteiger charge is -2.42. The maximum absolute atomic E-state index is 12.1. The van der Waals surface area contributed by atoms with Crippen molar-refractivity contribution in [3.05, 3.63) is 29.1 Å². The number of hydrazone groups is 1. The van der Waals surface area contributed by atoms with Crippen LogP contribution in [0.1, 0.15) is 69.7 Å². The zero-order valence-electron chi connectivity index (χ0n) is 19.8. The van der Waals surface area contributed by atoms with E-state index in [4.69, 9.17) is 4.74 Å².